The van der Waals surface area contributed by atoms with Crippen LogP contribution in [0, 0.1) is 0 Å². The van der Waals surface area contributed by atoms with E-state index in [4.69, 9.17) is 10.7 Å². The van der Waals surface area contributed by atoms with Crippen LogP contribution in [-0.4, -0.2) is 15.6 Å². The first-order valence-corrected chi connectivity index (χ1v) is 7.05. The van der Waals surface area contributed by atoms with Gasteiger partial charge in [-0.15, -0.1) is 0 Å². The molecule has 1 unspecified atom stereocenters. The van der Waals surface area contributed by atoms with E-state index in [1.807, 2.05) is 6.07 Å². The van der Waals surface area contributed by atoms with Gasteiger partial charge in [-0.25, -0.2) is 4.98 Å². The lowest BCUT2D eigenvalue weighted by Gasteiger charge is -2.18. The average molecular weight is 306 g/mol. The van der Waals surface area contributed by atoms with E-state index in [1.165, 1.54) is 5.56 Å². The number of rotatable bonds is 2. The number of hydrogen-bond acceptors (Lipinski definition) is 2. The summed E-state index contributed by atoms with van der Waals surface area (Å²) >= 11 is 3.58. The van der Waals surface area contributed by atoms with Crippen LogP contribution in [0.3, 0.4) is 0 Å². The van der Waals surface area contributed by atoms with Crippen LogP contribution in [0.1, 0.15) is 23.5 Å². The normalized spacial score (nSPS) is 18.7. The monoisotopic (exact) mass is 305 g/mol. The highest BCUT2D eigenvalue weighted by molar-refractivity contribution is 9.10. The van der Waals surface area contributed by atoms with E-state index in [0.29, 0.717) is 0 Å². The smallest absolute Gasteiger partial charge is 0.110 e. The standard InChI is InChI=1S/C14H16BrN3/c15-13-4-2-1-3-10(13)7-12-9-18-6-5-11(16)8-14(18)17-12/h1-4,9,11H,5-8,16H2. The lowest BCUT2D eigenvalue weighted by atomic mass is 10.1. The van der Waals surface area contributed by atoms with Crippen molar-refractivity contribution in [3.05, 3.63) is 52.0 Å². The van der Waals surface area contributed by atoms with Gasteiger partial charge in [0.05, 0.1) is 5.69 Å². The van der Waals surface area contributed by atoms with Gasteiger partial charge in [-0.1, -0.05) is 34.1 Å². The zero-order chi connectivity index (χ0) is 12.5. The Morgan fingerprint density at radius 2 is 2.22 bits per heavy atom. The molecule has 2 heterocycles. The van der Waals surface area contributed by atoms with Crippen LogP contribution in [0.5, 0.6) is 0 Å². The molecule has 0 aliphatic carbocycles. The van der Waals surface area contributed by atoms with E-state index in [2.05, 4.69) is 44.9 Å². The molecule has 2 aromatic rings. The summed E-state index contributed by atoms with van der Waals surface area (Å²) in [5.41, 5.74) is 8.38. The van der Waals surface area contributed by atoms with E-state index < -0.39 is 0 Å². The number of fused-ring (bicyclic) bond motifs is 1. The number of nitrogens with two attached hydrogens (primary N) is 1. The molecule has 1 aliphatic rings. The van der Waals surface area contributed by atoms with Gasteiger partial charge < -0.3 is 10.3 Å². The maximum Gasteiger partial charge on any atom is 0.110 e. The lowest BCUT2D eigenvalue weighted by Crippen LogP contribution is -2.30. The Hall–Kier alpha value is -1.13. The van der Waals surface area contributed by atoms with Crippen molar-refractivity contribution in [1.29, 1.82) is 0 Å². The minimum absolute atomic E-state index is 0.274. The summed E-state index contributed by atoms with van der Waals surface area (Å²) in [6.07, 6.45) is 4.99. The second-order valence-corrected chi connectivity index (χ2v) is 5.72. The Labute approximate surface area is 115 Å². The summed E-state index contributed by atoms with van der Waals surface area (Å²) in [5.74, 6) is 1.14. The lowest BCUT2D eigenvalue weighted by molar-refractivity contribution is 0.463. The van der Waals surface area contributed by atoms with Crippen LogP contribution in [0.4, 0.5) is 0 Å². The fourth-order valence-corrected chi connectivity index (χ4v) is 2.86. The van der Waals surface area contributed by atoms with Crippen LogP contribution in [0.2, 0.25) is 0 Å². The third kappa shape index (κ3) is 2.35. The highest BCUT2D eigenvalue weighted by atomic mass is 79.9. The Morgan fingerprint density at radius 3 is 3.06 bits per heavy atom. The van der Waals surface area contributed by atoms with Crippen molar-refractivity contribution in [2.45, 2.75) is 31.8 Å². The molecular formula is C14H16BrN3. The topological polar surface area (TPSA) is 43.8 Å². The van der Waals surface area contributed by atoms with Crippen molar-refractivity contribution in [3.63, 3.8) is 0 Å². The van der Waals surface area contributed by atoms with Gasteiger partial charge in [0, 0.05) is 36.1 Å². The summed E-state index contributed by atoms with van der Waals surface area (Å²) in [6.45, 7) is 0.999. The Bertz CT molecular complexity index is 562. The van der Waals surface area contributed by atoms with Crippen LogP contribution in [-0.2, 0) is 19.4 Å². The van der Waals surface area contributed by atoms with Crippen LogP contribution >= 0.6 is 15.9 Å². The molecule has 1 atom stereocenters. The molecule has 0 spiro atoms. The average Bonchev–Trinajstić information content (AvgIpc) is 2.73. The van der Waals surface area contributed by atoms with Gasteiger partial charge >= 0.3 is 0 Å². The van der Waals surface area contributed by atoms with Crippen molar-refractivity contribution in [2.24, 2.45) is 5.73 Å². The van der Waals surface area contributed by atoms with Gasteiger partial charge in [0.1, 0.15) is 5.82 Å². The molecule has 1 aromatic carbocycles. The molecule has 1 aliphatic heterocycles. The minimum atomic E-state index is 0.274. The zero-order valence-electron chi connectivity index (χ0n) is 10.1. The first-order valence-electron chi connectivity index (χ1n) is 6.26. The van der Waals surface area contributed by atoms with E-state index in [-0.39, 0.29) is 6.04 Å². The van der Waals surface area contributed by atoms with Crippen molar-refractivity contribution in [1.82, 2.24) is 9.55 Å². The molecule has 0 amide bonds. The van der Waals surface area contributed by atoms with E-state index >= 15 is 0 Å². The number of halogens is 1. The van der Waals surface area contributed by atoms with Gasteiger partial charge in [0.2, 0.25) is 0 Å². The highest BCUT2D eigenvalue weighted by Crippen LogP contribution is 2.21. The maximum atomic E-state index is 5.97. The van der Waals surface area contributed by atoms with Gasteiger partial charge in [0.15, 0.2) is 0 Å². The molecule has 0 saturated heterocycles. The molecule has 0 saturated carbocycles. The molecule has 1 aromatic heterocycles. The zero-order valence-corrected chi connectivity index (χ0v) is 11.7. The van der Waals surface area contributed by atoms with Crippen LogP contribution in [0.15, 0.2) is 34.9 Å². The van der Waals surface area contributed by atoms with E-state index in [9.17, 15) is 0 Å². The molecule has 4 heteroatoms. The molecular weight excluding hydrogens is 290 g/mol. The summed E-state index contributed by atoms with van der Waals surface area (Å²) < 4.78 is 3.39. The van der Waals surface area contributed by atoms with E-state index in [0.717, 1.165) is 41.8 Å². The van der Waals surface area contributed by atoms with Crippen LogP contribution < -0.4 is 5.73 Å². The summed E-state index contributed by atoms with van der Waals surface area (Å²) in [5, 5.41) is 0. The molecule has 2 N–H and O–H groups in total. The summed E-state index contributed by atoms with van der Waals surface area (Å²) in [4.78, 5) is 4.70. The quantitative estimate of drug-likeness (QED) is 0.926. The Balaban J connectivity index is 1.84. The predicted octanol–water partition coefficient (Wildman–Crippen LogP) is 2.51. The number of aromatic nitrogens is 2. The third-order valence-corrected chi connectivity index (χ3v) is 4.20. The maximum absolute atomic E-state index is 5.97. The first kappa shape index (κ1) is 11.9. The van der Waals surface area contributed by atoms with Gasteiger partial charge in [0.25, 0.3) is 0 Å². The fraction of sp³-hybridized carbons (Fsp3) is 0.357. The molecule has 94 valence electrons. The molecule has 0 bridgehead atoms. The Kier molecular flexibility index (Phi) is 3.22. The number of hydrogen-bond donors (Lipinski definition) is 1. The summed E-state index contributed by atoms with van der Waals surface area (Å²) in [6, 6.07) is 8.57. The predicted molar refractivity (Wildman–Crippen MR) is 75.5 cm³/mol. The first-order chi connectivity index (χ1) is 8.72. The molecule has 0 fully saturated rings. The molecule has 0 radical (unpaired) electrons. The summed E-state index contributed by atoms with van der Waals surface area (Å²) in [7, 11) is 0. The Morgan fingerprint density at radius 1 is 1.39 bits per heavy atom. The molecule has 3 rings (SSSR count). The van der Waals surface area contributed by atoms with Crippen molar-refractivity contribution in [2.75, 3.05) is 0 Å². The minimum Gasteiger partial charge on any atom is -0.335 e. The van der Waals surface area contributed by atoms with Crippen molar-refractivity contribution >= 4 is 15.9 Å². The third-order valence-electron chi connectivity index (χ3n) is 3.42. The number of aryl methyl sites for hydroxylation is 1. The van der Waals surface area contributed by atoms with Gasteiger partial charge in [-0.2, -0.15) is 0 Å². The van der Waals surface area contributed by atoms with Crippen LogP contribution in [0.25, 0.3) is 0 Å². The van der Waals surface area contributed by atoms with Crippen molar-refractivity contribution < 1.29 is 0 Å². The van der Waals surface area contributed by atoms with Gasteiger partial charge in [-0.3, -0.25) is 0 Å². The second kappa shape index (κ2) is 4.86. The van der Waals surface area contributed by atoms with Crippen molar-refractivity contribution in [3.8, 4) is 0 Å². The molecule has 3 nitrogen and oxygen atoms in total. The largest absolute Gasteiger partial charge is 0.335 e. The SMILES string of the molecule is NC1CCn2cc(Cc3ccccc3Br)nc2C1. The number of benzene rings is 1. The molecule has 18 heavy (non-hydrogen) atoms. The number of imidazole rings is 1. The van der Waals surface area contributed by atoms with E-state index in [1.54, 1.807) is 0 Å². The second-order valence-electron chi connectivity index (χ2n) is 4.86. The highest BCUT2D eigenvalue weighted by Gasteiger charge is 2.17. The fourth-order valence-electron chi connectivity index (χ4n) is 2.43. The number of nitrogens with zero attached hydrogens (tertiary/aromatic N) is 2. The van der Waals surface area contributed by atoms with Gasteiger partial charge in [-0.05, 0) is 18.1 Å².